The lowest BCUT2D eigenvalue weighted by Gasteiger charge is -2.25. The van der Waals surface area contributed by atoms with Crippen LogP contribution in [0.25, 0.3) is 0 Å². The Balaban J connectivity index is 1.85. The Morgan fingerprint density at radius 1 is 1.45 bits per heavy atom. The number of hydrogen-bond donors (Lipinski definition) is 1. The average molecular weight is 312 g/mol. The van der Waals surface area contributed by atoms with E-state index in [0.29, 0.717) is 26.2 Å². The third kappa shape index (κ3) is 2.39. The number of nitrogens with two attached hydrogens (primary N) is 1. The number of thiophene rings is 1. The van der Waals surface area contributed by atoms with Gasteiger partial charge in [0, 0.05) is 30.7 Å². The first-order valence-electron chi connectivity index (χ1n) is 6.39. The van der Waals surface area contributed by atoms with Crippen LogP contribution in [0.15, 0.2) is 28.7 Å². The second-order valence-electron chi connectivity index (χ2n) is 4.69. The van der Waals surface area contributed by atoms with E-state index < -0.39 is 10.0 Å². The van der Waals surface area contributed by atoms with E-state index >= 15 is 0 Å². The van der Waals surface area contributed by atoms with E-state index in [4.69, 9.17) is 5.73 Å². The summed E-state index contributed by atoms with van der Waals surface area (Å²) in [5.74, 6) is 0. The highest BCUT2D eigenvalue weighted by Crippen LogP contribution is 2.27. The van der Waals surface area contributed by atoms with Crippen molar-refractivity contribution in [3.63, 3.8) is 0 Å². The fraction of sp³-hybridized carbons (Fsp3) is 0.417. The number of fused-ring (bicyclic) bond motifs is 1. The third-order valence-corrected chi connectivity index (χ3v) is 6.20. The van der Waals surface area contributed by atoms with Crippen LogP contribution in [0, 0.1) is 0 Å². The molecule has 0 aliphatic carbocycles. The van der Waals surface area contributed by atoms with Crippen LogP contribution in [-0.4, -0.2) is 35.6 Å². The molecular formula is C12H16N4O2S2. The Hall–Kier alpha value is -1.22. The lowest BCUT2D eigenvalue weighted by molar-refractivity contribution is 0.394. The molecule has 0 spiro atoms. The number of sulfonamides is 1. The first-order valence-corrected chi connectivity index (χ1v) is 8.71. The van der Waals surface area contributed by atoms with E-state index in [1.807, 2.05) is 11.4 Å². The van der Waals surface area contributed by atoms with Crippen LogP contribution in [-0.2, 0) is 29.5 Å². The van der Waals surface area contributed by atoms with Gasteiger partial charge in [-0.25, -0.2) is 8.42 Å². The summed E-state index contributed by atoms with van der Waals surface area (Å²) in [6.45, 7) is 1.93. The molecule has 1 aliphatic rings. The molecule has 1 aliphatic heterocycles. The molecular weight excluding hydrogens is 296 g/mol. The zero-order valence-electron chi connectivity index (χ0n) is 10.9. The zero-order chi connectivity index (χ0) is 14.2. The third-order valence-electron chi connectivity index (χ3n) is 3.38. The maximum Gasteiger partial charge on any atom is 0.246 e. The number of nitrogens with zero attached hydrogens (tertiary/aromatic N) is 3. The van der Waals surface area contributed by atoms with E-state index in [1.54, 1.807) is 22.2 Å². The maximum atomic E-state index is 12.6. The van der Waals surface area contributed by atoms with E-state index in [0.717, 1.165) is 12.0 Å². The SMILES string of the molecule is NCCn1cc(S(=O)(=O)N2CCc3sccc3C2)cn1. The Morgan fingerprint density at radius 3 is 3.10 bits per heavy atom. The predicted octanol–water partition coefficient (Wildman–Crippen LogP) is 0.650. The van der Waals surface area contributed by atoms with Gasteiger partial charge in [-0.1, -0.05) is 0 Å². The molecule has 0 aromatic carbocycles. The van der Waals surface area contributed by atoms with Crippen molar-refractivity contribution in [3.8, 4) is 0 Å². The lowest BCUT2D eigenvalue weighted by atomic mass is 10.1. The molecule has 108 valence electrons. The van der Waals surface area contributed by atoms with E-state index in [-0.39, 0.29) is 4.90 Å². The summed E-state index contributed by atoms with van der Waals surface area (Å²) in [5.41, 5.74) is 6.55. The molecule has 20 heavy (non-hydrogen) atoms. The van der Waals surface area contributed by atoms with Crippen molar-refractivity contribution in [3.05, 3.63) is 34.3 Å². The van der Waals surface area contributed by atoms with Crippen LogP contribution in [0.2, 0.25) is 0 Å². The molecule has 0 atom stereocenters. The summed E-state index contributed by atoms with van der Waals surface area (Å²) in [6, 6.07) is 2.00. The molecule has 3 heterocycles. The minimum absolute atomic E-state index is 0.240. The van der Waals surface area contributed by atoms with Crippen molar-refractivity contribution in [1.29, 1.82) is 0 Å². The molecule has 0 amide bonds. The lowest BCUT2D eigenvalue weighted by Crippen LogP contribution is -2.35. The Morgan fingerprint density at radius 2 is 2.30 bits per heavy atom. The number of aromatic nitrogens is 2. The van der Waals surface area contributed by atoms with Gasteiger partial charge in [-0.05, 0) is 23.4 Å². The van der Waals surface area contributed by atoms with Crippen LogP contribution in [0.4, 0.5) is 0 Å². The van der Waals surface area contributed by atoms with Gasteiger partial charge < -0.3 is 5.73 Å². The minimum atomic E-state index is -3.47. The number of rotatable bonds is 4. The van der Waals surface area contributed by atoms with Gasteiger partial charge in [0.15, 0.2) is 0 Å². The van der Waals surface area contributed by atoms with Crippen molar-refractivity contribution in [2.75, 3.05) is 13.1 Å². The van der Waals surface area contributed by atoms with Crippen molar-refractivity contribution in [2.24, 2.45) is 5.73 Å². The summed E-state index contributed by atoms with van der Waals surface area (Å²) < 4.78 is 28.2. The van der Waals surface area contributed by atoms with Gasteiger partial charge in [0.25, 0.3) is 0 Å². The van der Waals surface area contributed by atoms with Crippen LogP contribution >= 0.6 is 11.3 Å². The van der Waals surface area contributed by atoms with Gasteiger partial charge in [-0.3, -0.25) is 4.68 Å². The van der Waals surface area contributed by atoms with Gasteiger partial charge in [0.05, 0.1) is 12.7 Å². The largest absolute Gasteiger partial charge is 0.329 e. The molecule has 2 N–H and O–H groups in total. The van der Waals surface area contributed by atoms with Gasteiger partial charge in [-0.15, -0.1) is 11.3 Å². The molecule has 2 aromatic heterocycles. The topological polar surface area (TPSA) is 81.2 Å². The maximum absolute atomic E-state index is 12.6. The summed E-state index contributed by atoms with van der Waals surface area (Å²) >= 11 is 1.69. The van der Waals surface area contributed by atoms with Crippen LogP contribution in [0.3, 0.4) is 0 Å². The normalized spacial score (nSPS) is 16.2. The quantitative estimate of drug-likeness (QED) is 0.899. The predicted molar refractivity (Wildman–Crippen MR) is 76.9 cm³/mol. The highest BCUT2D eigenvalue weighted by Gasteiger charge is 2.29. The van der Waals surface area contributed by atoms with E-state index in [2.05, 4.69) is 5.10 Å². The molecule has 0 fully saturated rings. The first kappa shape index (κ1) is 13.7. The smallest absolute Gasteiger partial charge is 0.246 e. The van der Waals surface area contributed by atoms with Crippen molar-refractivity contribution in [1.82, 2.24) is 14.1 Å². The van der Waals surface area contributed by atoms with Gasteiger partial charge in [0.2, 0.25) is 10.0 Å². The average Bonchev–Trinajstić information content (AvgIpc) is 3.06. The zero-order valence-corrected chi connectivity index (χ0v) is 12.5. The highest BCUT2D eigenvalue weighted by molar-refractivity contribution is 7.89. The van der Waals surface area contributed by atoms with Crippen molar-refractivity contribution >= 4 is 21.4 Å². The van der Waals surface area contributed by atoms with Crippen molar-refractivity contribution in [2.45, 2.75) is 24.4 Å². The first-order chi connectivity index (χ1) is 9.61. The summed E-state index contributed by atoms with van der Waals surface area (Å²) in [6.07, 6.45) is 3.72. The molecule has 6 nitrogen and oxygen atoms in total. The Labute approximate surface area is 121 Å². The van der Waals surface area contributed by atoms with Gasteiger partial charge in [-0.2, -0.15) is 9.40 Å². The molecule has 0 unspecified atom stereocenters. The fourth-order valence-corrected chi connectivity index (χ4v) is 4.57. The molecule has 0 saturated heterocycles. The standard InChI is InChI=1S/C12H16N4O2S2/c13-3-5-15-9-11(7-14-15)20(17,18)16-4-1-12-10(8-16)2-6-19-12/h2,6-7,9H,1,3-5,8,13H2. The minimum Gasteiger partial charge on any atom is -0.329 e. The summed E-state index contributed by atoms with van der Waals surface area (Å²) in [4.78, 5) is 1.53. The molecule has 0 saturated carbocycles. The van der Waals surface area contributed by atoms with E-state index in [1.165, 1.54) is 15.4 Å². The molecule has 3 rings (SSSR count). The van der Waals surface area contributed by atoms with Gasteiger partial charge in [0.1, 0.15) is 4.90 Å². The van der Waals surface area contributed by atoms with E-state index in [9.17, 15) is 8.42 Å². The van der Waals surface area contributed by atoms with Gasteiger partial charge >= 0.3 is 0 Å². The van der Waals surface area contributed by atoms with Crippen molar-refractivity contribution < 1.29 is 8.42 Å². The molecule has 0 radical (unpaired) electrons. The Bertz CT molecular complexity index is 705. The highest BCUT2D eigenvalue weighted by atomic mass is 32.2. The number of hydrogen-bond acceptors (Lipinski definition) is 5. The van der Waals surface area contributed by atoms with Crippen LogP contribution < -0.4 is 5.73 Å². The molecule has 0 bridgehead atoms. The Kier molecular flexibility index (Phi) is 3.63. The molecule has 2 aromatic rings. The van der Waals surface area contributed by atoms with Crippen LogP contribution in [0.1, 0.15) is 10.4 Å². The summed E-state index contributed by atoms with van der Waals surface area (Å²) in [7, 11) is -3.47. The molecule has 8 heteroatoms. The van der Waals surface area contributed by atoms with Crippen LogP contribution in [0.5, 0.6) is 0 Å². The summed E-state index contributed by atoms with van der Waals surface area (Å²) in [5, 5.41) is 6.05. The monoisotopic (exact) mass is 312 g/mol. The second-order valence-corrected chi connectivity index (χ2v) is 7.62. The fourth-order valence-electron chi connectivity index (χ4n) is 2.31. The second kappa shape index (κ2) is 5.28.